The third-order valence-corrected chi connectivity index (χ3v) is 2.54. The molecule has 0 aliphatic heterocycles. The first-order chi connectivity index (χ1) is 7.65. The van der Waals surface area contributed by atoms with Gasteiger partial charge in [0.15, 0.2) is 0 Å². The lowest BCUT2D eigenvalue weighted by atomic mass is 10.2. The molecule has 0 aromatic carbocycles. The summed E-state index contributed by atoms with van der Waals surface area (Å²) in [5, 5.41) is 7.22. The topological polar surface area (TPSA) is 29.9 Å². The predicted octanol–water partition coefficient (Wildman–Crippen LogP) is 2.77. The number of hydrogen-bond acceptors (Lipinski definition) is 2. The number of rotatable bonds is 7. The van der Waals surface area contributed by atoms with E-state index in [0.29, 0.717) is 6.54 Å². The molecule has 1 rings (SSSR count). The predicted molar refractivity (Wildman–Crippen MR) is 66.8 cm³/mol. The molecule has 100 valence electrons. The van der Waals surface area contributed by atoms with Crippen LogP contribution in [0, 0.1) is 6.92 Å². The highest BCUT2D eigenvalue weighted by atomic mass is 35.5. The minimum Gasteiger partial charge on any atom is -0.313 e. The fourth-order valence-corrected chi connectivity index (χ4v) is 1.50. The third-order valence-electron chi connectivity index (χ3n) is 2.54. The van der Waals surface area contributed by atoms with Crippen molar-refractivity contribution in [3.63, 3.8) is 0 Å². The summed E-state index contributed by atoms with van der Waals surface area (Å²) in [5.41, 5.74) is 1.82. The maximum Gasteiger partial charge on any atom is 0.257 e. The van der Waals surface area contributed by atoms with Gasteiger partial charge in [0.25, 0.3) is 6.43 Å². The van der Waals surface area contributed by atoms with Crippen LogP contribution in [0.4, 0.5) is 8.78 Å². The molecule has 0 bridgehead atoms. The molecule has 0 atom stereocenters. The fourth-order valence-electron chi connectivity index (χ4n) is 1.50. The highest BCUT2D eigenvalue weighted by Gasteiger charge is 2.10. The Bertz CT molecular complexity index is 316. The molecule has 0 saturated heterocycles. The lowest BCUT2D eigenvalue weighted by molar-refractivity contribution is 0.121. The minimum absolute atomic E-state index is 0. The number of unbranched alkanes of at least 4 members (excludes halogenated alkanes) is 1. The van der Waals surface area contributed by atoms with Gasteiger partial charge in [0.1, 0.15) is 6.54 Å². The zero-order valence-electron chi connectivity index (χ0n) is 10.2. The van der Waals surface area contributed by atoms with Crippen LogP contribution in [0.25, 0.3) is 0 Å². The van der Waals surface area contributed by atoms with Crippen molar-refractivity contribution >= 4 is 12.4 Å². The number of nitrogens with zero attached hydrogens (tertiary/aromatic N) is 2. The van der Waals surface area contributed by atoms with E-state index in [1.807, 2.05) is 6.92 Å². The Morgan fingerprint density at radius 3 is 2.76 bits per heavy atom. The maximum absolute atomic E-state index is 12.2. The van der Waals surface area contributed by atoms with E-state index in [1.165, 1.54) is 4.68 Å². The van der Waals surface area contributed by atoms with Gasteiger partial charge in [-0.05, 0) is 19.9 Å². The molecule has 0 saturated carbocycles. The van der Waals surface area contributed by atoms with Crippen LogP contribution >= 0.6 is 12.4 Å². The first-order valence-electron chi connectivity index (χ1n) is 5.65. The summed E-state index contributed by atoms with van der Waals surface area (Å²) in [4.78, 5) is 0. The molecule has 6 heteroatoms. The number of aromatic nitrogens is 2. The molecule has 0 radical (unpaired) electrons. The van der Waals surface area contributed by atoms with E-state index in [0.717, 1.165) is 30.6 Å². The molecule has 0 aliphatic carbocycles. The second-order valence-electron chi connectivity index (χ2n) is 3.86. The Kier molecular flexibility index (Phi) is 8.08. The molecule has 1 N–H and O–H groups in total. The smallest absolute Gasteiger partial charge is 0.257 e. The standard InChI is InChI=1S/C11H19F2N3.ClH/c1-3-4-5-14-6-10-7-15-16(9(10)2)8-11(12)13;/h7,11,14H,3-6,8H2,1-2H3;1H. The zero-order chi connectivity index (χ0) is 12.0. The van der Waals surface area contributed by atoms with Gasteiger partial charge in [-0.1, -0.05) is 13.3 Å². The van der Waals surface area contributed by atoms with Gasteiger partial charge in [-0.2, -0.15) is 5.10 Å². The van der Waals surface area contributed by atoms with Crippen LogP contribution in [0.15, 0.2) is 6.20 Å². The summed E-state index contributed by atoms with van der Waals surface area (Å²) in [6.45, 7) is 5.30. The van der Waals surface area contributed by atoms with Crippen molar-refractivity contribution in [2.75, 3.05) is 6.54 Å². The second kappa shape index (κ2) is 8.42. The molecule has 1 heterocycles. The zero-order valence-corrected chi connectivity index (χ0v) is 11.1. The van der Waals surface area contributed by atoms with Crippen molar-refractivity contribution < 1.29 is 8.78 Å². The summed E-state index contributed by atoms with van der Waals surface area (Å²) >= 11 is 0. The second-order valence-corrected chi connectivity index (χ2v) is 3.86. The molecule has 0 spiro atoms. The van der Waals surface area contributed by atoms with Crippen LogP contribution < -0.4 is 5.32 Å². The van der Waals surface area contributed by atoms with Gasteiger partial charge in [-0.25, -0.2) is 8.78 Å². The Hall–Kier alpha value is -0.680. The van der Waals surface area contributed by atoms with Gasteiger partial charge in [-0.15, -0.1) is 12.4 Å². The van der Waals surface area contributed by atoms with E-state index < -0.39 is 6.43 Å². The fraction of sp³-hybridized carbons (Fsp3) is 0.727. The van der Waals surface area contributed by atoms with Crippen molar-refractivity contribution in [1.82, 2.24) is 15.1 Å². The molecule has 0 aliphatic rings. The van der Waals surface area contributed by atoms with Gasteiger partial charge in [0.2, 0.25) is 0 Å². The number of alkyl halides is 2. The van der Waals surface area contributed by atoms with Crippen molar-refractivity contribution in [3.8, 4) is 0 Å². The van der Waals surface area contributed by atoms with Crippen LogP contribution in [-0.4, -0.2) is 22.8 Å². The Labute approximate surface area is 107 Å². The summed E-state index contributed by atoms with van der Waals surface area (Å²) in [6.07, 6.45) is 1.59. The Morgan fingerprint density at radius 1 is 1.47 bits per heavy atom. The van der Waals surface area contributed by atoms with Crippen LogP contribution in [0.3, 0.4) is 0 Å². The van der Waals surface area contributed by atoms with E-state index in [-0.39, 0.29) is 19.0 Å². The minimum atomic E-state index is -2.35. The molecule has 0 amide bonds. The van der Waals surface area contributed by atoms with E-state index in [4.69, 9.17) is 0 Å². The van der Waals surface area contributed by atoms with Gasteiger partial charge in [-0.3, -0.25) is 4.68 Å². The van der Waals surface area contributed by atoms with Crippen LogP contribution in [-0.2, 0) is 13.1 Å². The van der Waals surface area contributed by atoms with Crippen LogP contribution in [0.2, 0.25) is 0 Å². The van der Waals surface area contributed by atoms with E-state index >= 15 is 0 Å². The van der Waals surface area contributed by atoms with Gasteiger partial charge in [0, 0.05) is 17.8 Å². The lowest BCUT2D eigenvalue weighted by Crippen LogP contribution is -2.15. The highest BCUT2D eigenvalue weighted by Crippen LogP contribution is 2.09. The Morgan fingerprint density at radius 2 is 2.18 bits per heavy atom. The largest absolute Gasteiger partial charge is 0.313 e. The molecule has 0 fully saturated rings. The van der Waals surface area contributed by atoms with E-state index in [2.05, 4.69) is 17.3 Å². The van der Waals surface area contributed by atoms with Crippen molar-refractivity contribution in [3.05, 3.63) is 17.5 Å². The van der Waals surface area contributed by atoms with Crippen LogP contribution in [0.5, 0.6) is 0 Å². The van der Waals surface area contributed by atoms with Crippen molar-refractivity contribution in [2.45, 2.75) is 46.2 Å². The van der Waals surface area contributed by atoms with Crippen LogP contribution in [0.1, 0.15) is 31.0 Å². The van der Waals surface area contributed by atoms with Gasteiger partial charge in [0.05, 0.1) is 6.20 Å². The monoisotopic (exact) mass is 267 g/mol. The SMILES string of the molecule is CCCCNCc1cnn(CC(F)F)c1C.Cl. The quantitative estimate of drug-likeness (QED) is 0.770. The first-order valence-corrected chi connectivity index (χ1v) is 5.65. The van der Waals surface area contributed by atoms with E-state index in [9.17, 15) is 8.78 Å². The molecule has 17 heavy (non-hydrogen) atoms. The normalized spacial score (nSPS) is 10.6. The Balaban J connectivity index is 0.00000256. The molecular weight excluding hydrogens is 248 g/mol. The molecular formula is C11H20ClF2N3. The van der Waals surface area contributed by atoms with Gasteiger partial charge >= 0.3 is 0 Å². The number of nitrogens with one attached hydrogen (secondary N) is 1. The summed E-state index contributed by atoms with van der Waals surface area (Å²) < 4.78 is 25.7. The number of hydrogen-bond donors (Lipinski definition) is 1. The van der Waals surface area contributed by atoms with Crippen molar-refractivity contribution in [1.29, 1.82) is 0 Å². The van der Waals surface area contributed by atoms with E-state index in [1.54, 1.807) is 6.20 Å². The molecule has 3 nitrogen and oxygen atoms in total. The molecule has 0 unspecified atom stereocenters. The summed E-state index contributed by atoms with van der Waals surface area (Å²) in [6, 6.07) is 0. The first kappa shape index (κ1) is 16.3. The summed E-state index contributed by atoms with van der Waals surface area (Å²) in [7, 11) is 0. The highest BCUT2D eigenvalue weighted by molar-refractivity contribution is 5.85. The summed E-state index contributed by atoms with van der Waals surface area (Å²) in [5.74, 6) is 0. The van der Waals surface area contributed by atoms with Gasteiger partial charge < -0.3 is 5.32 Å². The third kappa shape index (κ3) is 5.46. The lowest BCUT2D eigenvalue weighted by Gasteiger charge is -2.05. The molecule has 1 aromatic heterocycles. The molecule has 1 aromatic rings. The number of halogens is 3. The average molecular weight is 268 g/mol. The van der Waals surface area contributed by atoms with Crippen molar-refractivity contribution in [2.24, 2.45) is 0 Å². The maximum atomic E-state index is 12.2. The average Bonchev–Trinajstić information content (AvgIpc) is 2.56.